The second-order valence-corrected chi connectivity index (χ2v) is 5.07. The zero-order valence-corrected chi connectivity index (χ0v) is 10.8. The van der Waals surface area contributed by atoms with Crippen LogP contribution in [-0.2, 0) is 4.74 Å². The van der Waals surface area contributed by atoms with E-state index in [0.717, 1.165) is 0 Å². The summed E-state index contributed by atoms with van der Waals surface area (Å²) >= 11 is 11.6. The quantitative estimate of drug-likeness (QED) is 0.817. The summed E-state index contributed by atoms with van der Waals surface area (Å²) in [6.07, 6.45) is -0.522. The van der Waals surface area contributed by atoms with E-state index >= 15 is 0 Å². The molecule has 1 aromatic rings. The van der Waals surface area contributed by atoms with E-state index in [0.29, 0.717) is 15.7 Å². The molecule has 0 saturated carbocycles. The van der Waals surface area contributed by atoms with Gasteiger partial charge in [0, 0.05) is 5.69 Å². The largest absolute Gasteiger partial charge is 0.444 e. The maximum absolute atomic E-state index is 11.4. The van der Waals surface area contributed by atoms with Crippen LogP contribution in [-0.4, -0.2) is 11.7 Å². The molecule has 1 amide bonds. The van der Waals surface area contributed by atoms with Crippen LogP contribution < -0.4 is 5.32 Å². The zero-order chi connectivity index (χ0) is 12.3. The second kappa shape index (κ2) is 4.93. The van der Waals surface area contributed by atoms with Crippen molar-refractivity contribution in [3.63, 3.8) is 0 Å². The zero-order valence-electron chi connectivity index (χ0n) is 9.30. The van der Waals surface area contributed by atoms with Crippen molar-refractivity contribution in [3.8, 4) is 0 Å². The van der Waals surface area contributed by atoms with Crippen LogP contribution in [0.5, 0.6) is 0 Å². The molecular formula is C11H13Cl2NO2. The van der Waals surface area contributed by atoms with Gasteiger partial charge in [0.15, 0.2) is 0 Å². The molecule has 0 saturated heterocycles. The van der Waals surface area contributed by atoms with Crippen molar-refractivity contribution < 1.29 is 9.53 Å². The molecule has 1 aromatic carbocycles. The summed E-state index contributed by atoms with van der Waals surface area (Å²) in [7, 11) is 0. The summed E-state index contributed by atoms with van der Waals surface area (Å²) in [6, 6.07) is 4.82. The number of rotatable bonds is 1. The van der Waals surface area contributed by atoms with Crippen molar-refractivity contribution in [1.82, 2.24) is 0 Å². The number of nitrogens with one attached hydrogen (secondary N) is 1. The van der Waals surface area contributed by atoms with Gasteiger partial charge in [-0.2, -0.15) is 0 Å². The van der Waals surface area contributed by atoms with Gasteiger partial charge in [0.25, 0.3) is 0 Å². The monoisotopic (exact) mass is 261 g/mol. The molecule has 0 bridgehead atoms. The molecule has 3 nitrogen and oxygen atoms in total. The summed E-state index contributed by atoms with van der Waals surface area (Å²) in [5.41, 5.74) is 0.0176. The minimum atomic E-state index is -0.527. The Morgan fingerprint density at radius 2 is 1.88 bits per heavy atom. The third-order valence-corrected chi connectivity index (χ3v) is 2.30. The van der Waals surface area contributed by atoms with Crippen molar-refractivity contribution in [3.05, 3.63) is 28.2 Å². The molecule has 0 fully saturated rings. The van der Waals surface area contributed by atoms with Crippen LogP contribution in [0.25, 0.3) is 0 Å². The fraction of sp³-hybridized carbons (Fsp3) is 0.364. The van der Waals surface area contributed by atoms with E-state index in [1.165, 1.54) is 0 Å². The van der Waals surface area contributed by atoms with Crippen LogP contribution in [0.2, 0.25) is 10.0 Å². The number of ether oxygens (including phenoxy) is 1. The fourth-order valence-electron chi connectivity index (χ4n) is 0.995. The van der Waals surface area contributed by atoms with Gasteiger partial charge in [-0.1, -0.05) is 23.2 Å². The summed E-state index contributed by atoms with van der Waals surface area (Å²) in [4.78, 5) is 11.4. The second-order valence-electron chi connectivity index (χ2n) is 4.26. The first-order chi connectivity index (χ1) is 7.28. The Morgan fingerprint density at radius 3 is 2.38 bits per heavy atom. The molecule has 16 heavy (non-hydrogen) atoms. The molecule has 0 aliphatic carbocycles. The Morgan fingerprint density at radius 1 is 1.25 bits per heavy atom. The maximum Gasteiger partial charge on any atom is 0.412 e. The standard InChI is InChI=1S/C11H13Cl2NO2/c1-11(2,3)16-10(15)14-7-4-5-8(12)9(13)6-7/h4-6H,1-3H3,(H,14,15). The molecule has 0 radical (unpaired) electrons. The van der Waals surface area contributed by atoms with Crippen molar-refractivity contribution in [2.24, 2.45) is 0 Å². The first-order valence-electron chi connectivity index (χ1n) is 4.73. The van der Waals surface area contributed by atoms with Gasteiger partial charge in [0.05, 0.1) is 10.0 Å². The van der Waals surface area contributed by atoms with E-state index in [1.807, 2.05) is 0 Å². The Labute approximate surface area is 105 Å². The highest BCUT2D eigenvalue weighted by Crippen LogP contribution is 2.25. The van der Waals surface area contributed by atoms with E-state index in [-0.39, 0.29) is 0 Å². The maximum atomic E-state index is 11.4. The Balaban J connectivity index is 2.67. The molecule has 1 rings (SSSR count). The lowest BCUT2D eigenvalue weighted by Crippen LogP contribution is -2.27. The van der Waals surface area contributed by atoms with Gasteiger partial charge in [-0.15, -0.1) is 0 Å². The number of anilines is 1. The van der Waals surface area contributed by atoms with E-state index in [2.05, 4.69) is 5.32 Å². The lowest BCUT2D eigenvalue weighted by atomic mass is 10.2. The average Bonchev–Trinajstić information content (AvgIpc) is 2.08. The van der Waals surface area contributed by atoms with Crippen molar-refractivity contribution in [1.29, 1.82) is 0 Å². The van der Waals surface area contributed by atoms with Crippen molar-refractivity contribution in [2.75, 3.05) is 5.32 Å². The van der Waals surface area contributed by atoms with Gasteiger partial charge in [0.2, 0.25) is 0 Å². The van der Waals surface area contributed by atoms with Crippen molar-refractivity contribution >= 4 is 35.0 Å². The van der Waals surface area contributed by atoms with E-state index in [9.17, 15) is 4.79 Å². The average molecular weight is 262 g/mol. The summed E-state index contributed by atoms with van der Waals surface area (Å²) in [6.45, 7) is 5.38. The molecule has 5 heteroatoms. The predicted molar refractivity (Wildman–Crippen MR) is 66.3 cm³/mol. The third kappa shape index (κ3) is 4.29. The highest BCUT2D eigenvalue weighted by Gasteiger charge is 2.16. The van der Waals surface area contributed by atoms with Crippen LogP contribution in [0.4, 0.5) is 10.5 Å². The molecule has 0 spiro atoms. The van der Waals surface area contributed by atoms with Gasteiger partial charge in [-0.25, -0.2) is 4.79 Å². The normalized spacial score (nSPS) is 11.1. The first kappa shape index (κ1) is 13.1. The van der Waals surface area contributed by atoms with Crippen LogP contribution in [0.15, 0.2) is 18.2 Å². The predicted octanol–water partition coefficient (Wildman–Crippen LogP) is 4.34. The Kier molecular flexibility index (Phi) is 4.05. The van der Waals surface area contributed by atoms with Crippen LogP contribution in [0, 0.1) is 0 Å². The molecule has 0 unspecified atom stereocenters. The smallest absolute Gasteiger partial charge is 0.412 e. The van der Waals surface area contributed by atoms with Crippen molar-refractivity contribution in [2.45, 2.75) is 26.4 Å². The van der Waals surface area contributed by atoms with Crippen LogP contribution in [0.1, 0.15) is 20.8 Å². The number of amides is 1. The molecule has 0 aliphatic heterocycles. The molecule has 0 atom stereocenters. The molecule has 0 aromatic heterocycles. The number of benzene rings is 1. The Hall–Kier alpha value is -0.930. The molecule has 0 heterocycles. The lowest BCUT2D eigenvalue weighted by Gasteiger charge is -2.19. The first-order valence-corrected chi connectivity index (χ1v) is 5.48. The molecular weight excluding hydrogens is 249 g/mol. The number of hydrogen-bond donors (Lipinski definition) is 1. The number of hydrogen-bond acceptors (Lipinski definition) is 2. The van der Waals surface area contributed by atoms with Gasteiger partial charge >= 0.3 is 6.09 Å². The highest BCUT2D eigenvalue weighted by atomic mass is 35.5. The molecule has 0 aliphatic rings. The number of halogens is 2. The molecule has 1 N–H and O–H groups in total. The summed E-state index contributed by atoms with van der Waals surface area (Å²) in [5, 5.41) is 3.39. The number of carbonyl (C=O) groups is 1. The number of carbonyl (C=O) groups excluding carboxylic acids is 1. The SMILES string of the molecule is CC(C)(C)OC(=O)Nc1ccc(Cl)c(Cl)c1. The van der Waals surface area contributed by atoms with Crippen LogP contribution in [0.3, 0.4) is 0 Å². The Bertz CT molecular complexity index is 399. The lowest BCUT2D eigenvalue weighted by molar-refractivity contribution is 0.0636. The third-order valence-electron chi connectivity index (χ3n) is 1.56. The highest BCUT2D eigenvalue weighted by molar-refractivity contribution is 6.42. The topological polar surface area (TPSA) is 38.3 Å². The fourth-order valence-corrected chi connectivity index (χ4v) is 1.29. The van der Waals surface area contributed by atoms with Gasteiger partial charge < -0.3 is 4.74 Å². The summed E-state index contributed by atoms with van der Waals surface area (Å²) in [5.74, 6) is 0. The molecule has 88 valence electrons. The van der Waals surface area contributed by atoms with E-state index in [4.69, 9.17) is 27.9 Å². The van der Waals surface area contributed by atoms with Crippen LogP contribution >= 0.6 is 23.2 Å². The summed E-state index contributed by atoms with van der Waals surface area (Å²) < 4.78 is 5.09. The van der Waals surface area contributed by atoms with Gasteiger partial charge in [-0.3, -0.25) is 5.32 Å². The van der Waals surface area contributed by atoms with E-state index < -0.39 is 11.7 Å². The van der Waals surface area contributed by atoms with E-state index in [1.54, 1.807) is 39.0 Å². The van der Waals surface area contributed by atoms with Gasteiger partial charge in [0.1, 0.15) is 5.60 Å². The van der Waals surface area contributed by atoms with Gasteiger partial charge in [-0.05, 0) is 39.0 Å². The minimum Gasteiger partial charge on any atom is -0.444 e. The minimum absolute atomic E-state index is 0.384.